The molecule has 0 aliphatic carbocycles. The highest BCUT2D eigenvalue weighted by atomic mass is 16.7. The largest absolute Gasteiger partial charge is 0.454 e. The highest BCUT2D eigenvalue weighted by Gasteiger charge is 2.18. The third kappa shape index (κ3) is 3.94. The maximum absolute atomic E-state index is 12.6. The van der Waals surface area contributed by atoms with Crippen molar-refractivity contribution in [2.24, 2.45) is 0 Å². The molecule has 5 heteroatoms. The van der Waals surface area contributed by atoms with Gasteiger partial charge in [0.25, 0.3) is 5.91 Å². The standard InChI is InChI=1S/C23H24N2O3/c1-16(19-9-5-7-18-6-3-4-8-20(18)19)24-23(26)14-25(2)13-17-10-11-21-22(12-17)28-15-27-21/h3-12,16H,13-15H2,1-2H3,(H,24,26)/p+1/t16-/m0/s1. The number of quaternary nitrogens is 1. The van der Waals surface area contributed by atoms with Crippen molar-refractivity contribution in [2.75, 3.05) is 20.4 Å². The first-order valence-electron chi connectivity index (χ1n) is 9.57. The van der Waals surface area contributed by atoms with Crippen LogP contribution in [0.5, 0.6) is 11.5 Å². The lowest BCUT2D eigenvalue weighted by Gasteiger charge is -2.19. The van der Waals surface area contributed by atoms with Crippen LogP contribution in [-0.2, 0) is 11.3 Å². The van der Waals surface area contributed by atoms with E-state index in [1.54, 1.807) is 0 Å². The molecule has 0 aromatic heterocycles. The van der Waals surface area contributed by atoms with E-state index in [2.05, 4.69) is 29.6 Å². The molecule has 1 aliphatic heterocycles. The van der Waals surface area contributed by atoms with E-state index in [-0.39, 0.29) is 18.7 Å². The molecule has 0 fully saturated rings. The van der Waals surface area contributed by atoms with Gasteiger partial charge in [0, 0.05) is 5.56 Å². The van der Waals surface area contributed by atoms with E-state index >= 15 is 0 Å². The molecule has 1 unspecified atom stereocenters. The Morgan fingerprint density at radius 1 is 1.07 bits per heavy atom. The van der Waals surface area contributed by atoms with Crippen LogP contribution in [0.4, 0.5) is 0 Å². The maximum atomic E-state index is 12.6. The van der Waals surface area contributed by atoms with E-state index in [4.69, 9.17) is 9.47 Å². The van der Waals surface area contributed by atoms with Gasteiger partial charge in [0.2, 0.25) is 6.79 Å². The summed E-state index contributed by atoms with van der Waals surface area (Å²) in [6.07, 6.45) is 0. The molecular weight excluding hydrogens is 352 g/mol. The first-order chi connectivity index (χ1) is 13.6. The number of hydrogen-bond donors (Lipinski definition) is 2. The van der Waals surface area contributed by atoms with Crippen LogP contribution in [0.1, 0.15) is 24.1 Å². The van der Waals surface area contributed by atoms with Crippen LogP contribution in [0.3, 0.4) is 0 Å². The van der Waals surface area contributed by atoms with Gasteiger partial charge in [-0.15, -0.1) is 0 Å². The summed E-state index contributed by atoms with van der Waals surface area (Å²) in [5.74, 6) is 1.60. The number of hydrogen-bond acceptors (Lipinski definition) is 3. The Bertz CT molecular complexity index is 997. The van der Waals surface area contributed by atoms with Crippen LogP contribution < -0.4 is 19.7 Å². The fourth-order valence-electron chi connectivity index (χ4n) is 3.73. The van der Waals surface area contributed by atoms with E-state index in [1.165, 1.54) is 10.8 Å². The number of benzene rings is 3. The zero-order chi connectivity index (χ0) is 19.5. The summed E-state index contributed by atoms with van der Waals surface area (Å²) in [6.45, 7) is 3.46. The minimum absolute atomic E-state index is 0.0404. The first kappa shape index (κ1) is 18.3. The average molecular weight is 377 g/mol. The second-order valence-electron chi connectivity index (χ2n) is 7.36. The van der Waals surface area contributed by atoms with Crippen LogP contribution in [0.15, 0.2) is 60.7 Å². The SMILES string of the molecule is C[C@H](NC(=O)C[NH+](C)Cc1ccc2c(c1)OCO2)c1cccc2ccccc12. The lowest BCUT2D eigenvalue weighted by molar-refractivity contribution is -0.885. The molecule has 1 amide bonds. The number of carbonyl (C=O) groups is 1. The zero-order valence-electron chi connectivity index (χ0n) is 16.2. The Morgan fingerprint density at radius 2 is 1.86 bits per heavy atom. The second-order valence-corrected chi connectivity index (χ2v) is 7.36. The predicted molar refractivity (Wildman–Crippen MR) is 109 cm³/mol. The maximum Gasteiger partial charge on any atom is 0.275 e. The molecule has 28 heavy (non-hydrogen) atoms. The van der Waals surface area contributed by atoms with E-state index in [0.717, 1.165) is 34.1 Å². The van der Waals surface area contributed by atoms with Crippen LogP contribution in [-0.4, -0.2) is 26.3 Å². The summed E-state index contributed by atoms with van der Waals surface area (Å²) in [7, 11) is 2.02. The highest BCUT2D eigenvalue weighted by molar-refractivity contribution is 5.87. The number of amides is 1. The van der Waals surface area contributed by atoms with Crippen LogP contribution in [0, 0.1) is 0 Å². The van der Waals surface area contributed by atoms with Crippen LogP contribution >= 0.6 is 0 Å². The molecule has 0 saturated carbocycles. The number of nitrogens with one attached hydrogen (secondary N) is 2. The molecule has 3 aromatic rings. The molecule has 3 aromatic carbocycles. The Kier molecular flexibility index (Phi) is 5.17. The Morgan fingerprint density at radius 3 is 2.75 bits per heavy atom. The summed E-state index contributed by atoms with van der Waals surface area (Å²) in [4.78, 5) is 13.7. The van der Waals surface area contributed by atoms with Gasteiger partial charge in [-0.25, -0.2) is 0 Å². The molecule has 0 saturated heterocycles. The number of rotatable bonds is 6. The molecule has 4 rings (SSSR count). The minimum atomic E-state index is -0.0445. The third-order valence-electron chi connectivity index (χ3n) is 5.07. The van der Waals surface area contributed by atoms with Gasteiger partial charge in [-0.3, -0.25) is 4.79 Å². The molecule has 144 valence electrons. The van der Waals surface area contributed by atoms with Crippen molar-refractivity contribution in [1.29, 1.82) is 0 Å². The number of carbonyl (C=O) groups excluding carboxylic acids is 1. The van der Waals surface area contributed by atoms with Gasteiger partial charge < -0.3 is 19.7 Å². The fourth-order valence-corrected chi connectivity index (χ4v) is 3.73. The van der Waals surface area contributed by atoms with Crippen molar-refractivity contribution in [3.63, 3.8) is 0 Å². The van der Waals surface area contributed by atoms with Crippen molar-refractivity contribution in [1.82, 2.24) is 5.32 Å². The second kappa shape index (κ2) is 7.90. The van der Waals surface area contributed by atoms with Gasteiger partial charge in [-0.1, -0.05) is 42.5 Å². The Balaban J connectivity index is 1.37. The normalized spacial score (nSPS) is 14.6. The van der Waals surface area contributed by atoms with Crippen LogP contribution in [0.25, 0.3) is 10.8 Å². The fraction of sp³-hybridized carbons (Fsp3) is 0.261. The van der Waals surface area contributed by atoms with Gasteiger partial charge in [0.15, 0.2) is 18.0 Å². The molecule has 1 aliphatic rings. The summed E-state index contributed by atoms with van der Waals surface area (Å²) in [5.41, 5.74) is 2.26. The van der Waals surface area contributed by atoms with E-state index in [1.807, 2.05) is 50.4 Å². The van der Waals surface area contributed by atoms with Gasteiger partial charge in [0.05, 0.1) is 13.1 Å². The monoisotopic (exact) mass is 377 g/mol. The lowest BCUT2D eigenvalue weighted by atomic mass is 10.00. The topological polar surface area (TPSA) is 52.0 Å². The van der Waals surface area contributed by atoms with Gasteiger partial charge in [-0.2, -0.15) is 0 Å². The van der Waals surface area contributed by atoms with Crippen molar-refractivity contribution in [3.8, 4) is 11.5 Å². The van der Waals surface area contributed by atoms with Crippen molar-refractivity contribution in [3.05, 3.63) is 71.8 Å². The molecule has 5 nitrogen and oxygen atoms in total. The molecule has 2 N–H and O–H groups in total. The molecule has 0 radical (unpaired) electrons. The number of fused-ring (bicyclic) bond motifs is 2. The average Bonchev–Trinajstić information content (AvgIpc) is 3.15. The van der Waals surface area contributed by atoms with Crippen molar-refractivity contribution >= 4 is 16.7 Å². The number of likely N-dealkylation sites (N-methyl/N-ethyl adjacent to an activating group) is 1. The Hall–Kier alpha value is -3.05. The summed E-state index contributed by atoms with van der Waals surface area (Å²) in [5, 5.41) is 5.51. The van der Waals surface area contributed by atoms with E-state index in [0.29, 0.717) is 6.54 Å². The van der Waals surface area contributed by atoms with Gasteiger partial charge in [0.1, 0.15) is 6.54 Å². The predicted octanol–water partition coefficient (Wildman–Crippen LogP) is 2.46. The van der Waals surface area contributed by atoms with Gasteiger partial charge >= 0.3 is 0 Å². The quantitative estimate of drug-likeness (QED) is 0.694. The van der Waals surface area contributed by atoms with Crippen molar-refractivity contribution < 1.29 is 19.2 Å². The number of ether oxygens (including phenoxy) is 2. The molecular formula is C23H25N2O3+. The first-order valence-corrected chi connectivity index (χ1v) is 9.57. The van der Waals surface area contributed by atoms with Crippen molar-refractivity contribution in [2.45, 2.75) is 19.5 Å². The summed E-state index contributed by atoms with van der Waals surface area (Å²) >= 11 is 0. The highest BCUT2D eigenvalue weighted by Crippen LogP contribution is 2.32. The summed E-state index contributed by atoms with van der Waals surface area (Å²) in [6, 6.07) is 20.4. The smallest absolute Gasteiger partial charge is 0.275 e. The van der Waals surface area contributed by atoms with Gasteiger partial charge in [-0.05, 0) is 41.5 Å². The minimum Gasteiger partial charge on any atom is -0.454 e. The van der Waals surface area contributed by atoms with E-state index < -0.39 is 0 Å². The zero-order valence-corrected chi connectivity index (χ0v) is 16.2. The molecule has 0 spiro atoms. The molecule has 0 bridgehead atoms. The molecule has 1 heterocycles. The Labute approximate surface area is 164 Å². The third-order valence-corrected chi connectivity index (χ3v) is 5.07. The summed E-state index contributed by atoms with van der Waals surface area (Å²) < 4.78 is 10.8. The lowest BCUT2D eigenvalue weighted by Crippen LogP contribution is -3.08. The van der Waals surface area contributed by atoms with Crippen LogP contribution in [0.2, 0.25) is 0 Å². The van der Waals surface area contributed by atoms with E-state index in [9.17, 15) is 4.79 Å². The molecule has 2 atom stereocenters.